The molecule has 1 aromatic carbocycles. The summed E-state index contributed by atoms with van der Waals surface area (Å²) in [4.78, 5) is 0. The van der Waals surface area contributed by atoms with Gasteiger partial charge in [-0.3, -0.25) is 0 Å². The molecule has 0 unspecified atom stereocenters. The molecule has 94 valence electrons. The average molecular weight is 233 g/mol. The van der Waals surface area contributed by atoms with Crippen LogP contribution in [0.1, 0.15) is 37.5 Å². The van der Waals surface area contributed by atoms with Gasteiger partial charge in [0.2, 0.25) is 0 Å². The van der Waals surface area contributed by atoms with E-state index in [1.807, 2.05) is 13.0 Å². The van der Waals surface area contributed by atoms with Crippen molar-refractivity contribution in [3.05, 3.63) is 28.8 Å². The van der Waals surface area contributed by atoms with Crippen LogP contribution in [0.25, 0.3) is 0 Å². The Kier molecular flexibility index (Phi) is 4.29. The number of hydrogen-bond acceptors (Lipinski definition) is 3. The second-order valence-electron chi connectivity index (χ2n) is 5.44. The van der Waals surface area contributed by atoms with Gasteiger partial charge in [-0.15, -0.1) is 0 Å². The van der Waals surface area contributed by atoms with E-state index in [4.69, 9.17) is 11.1 Å². The van der Waals surface area contributed by atoms with Gasteiger partial charge < -0.3 is 16.5 Å². The Morgan fingerprint density at radius 3 is 2.53 bits per heavy atom. The SMILES string of the molecule is Cc1ccc(CCNC(C)(C)C)c(C=N)c1N. The van der Waals surface area contributed by atoms with Crippen LogP contribution in [-0.2, 0) is 6.42 Å². The predicted molar refractivity (Wildman–Crippen MR) is 74.9 cm³/mol. The lowest BCUT2D eigenvalue weighted by atomic mass is 9.99. The number of nitrogens with one attached hydrogen (secondary N) is 2. The van der Waals surface area contributed by atoms with E-state index in [2.05, 4.69) is 32.2 Å². The number of aryl methyl sites for hydroxylation is 1. The van der Waals surface area contributed by atoms with Crippen LogP contribution in [0.2, 0.25) is 0 Å². The summed E-state index contributed by atoms with van der Waals surface area (Å²) in [5.74, 6) is 0. The zero-order valence-corrected chi connectivity index (χ0v) is 11.2. The number of nitrogens with two attached hydrogens (primary N) is 1. The smallest absolute Gasteiger partial charge is 0.0435 e. The van der Waals surface area contributed by atoms with Gasteiger partial charge in [-0.1, -0.05) is 12.1 Å². The third kappa shape index (κ3) is 3.86. The van der Waals surface area contributed by atoms with E-state index in [9.17, 15) is 0 Å². The molecule has 0 amide bonds. The van der Waals surface area contributed by atoms with Gasteiger partial charge in [0.1, 0.15) is 0 Å². The van der Waals surface area contributed by atoms with Gasteiger partial charge in [0.25, 0.3) is 0 Å². The van der Waals surface area contributed by atoms with E-state index in [1.54, 1.807) is 0 Å². The van der Waals surface area contributed by atoms with Crippen LogP contribution >= 0.6 is 0 Å². The molecular weight excluding hydrogens is 210 g/mol. The first-order chi connectivity index (χ1) is 7.85. The topological polar surface area (TPSA) is 61.9 Å². The average Bonchev–Trinajstić information content (AvgIpc) is 2.22. The van der Waals surface area contributed by atoms with Crippen LogP contribution in [-0.4, -0.2) is 18.3 Å². The molecule has 1 rings (SSSR count). The van der Waals surface area contributed by atoms with Crippen LogP contribution < -0.4 is 11.1 Å². The van der Waals surface area contributed by atoms with Crippen molar-refractivity contribution in [2.24, 2.45) is 0 Å². The first-order valence-electron chi connectivity index (χ1n) is 5.98. The fourth-order valence-electron chi connectivity index (χ4n) is 1.75. The summed E-state index contributed by atoms with van der Waals surface area (Å²) in [5, 5.41) is 10.9. The van der Waals surface area contributed by atoms with Crippen molar-refractivity contribution in [2.75, 3.05) is 12.3 Å². The lowest BCUT2D eigenvalue weighted by molar-refractivity contribution is 0.429. The molecule has 3 heteroatoms. The molecule has 0 aromatic heterocycles. The minimum Gasteiger partial charge on any atom is -0.398 e. The van der Waals surface area contributed by atoms with Gasteiger partial charge in [-0.25, -0.2) is 0 Å². The third-order valence-corrected chi connectivity index (χ3v) is 2.79. The van der Waals surface area contributed by atoms with E-state index < -0.39 is 0 Å². The highest BCUT2D eigenvalue weighted by atomic mass is 14.9. The van der Waals surface area contributed by atoms with Crippen LogP contribution in [0.15, 0.2) is 12.1 Å². The minimum absolute atomic E-state index is 0.126. The maximum Gasteiger partial charge on any atom is 0.0435 e. The summed E-state index contributed by atoms with van der Waals surface area (Å²) in [5.41, 5.74) is 9.87. The summed E-state index contributed by atoms with van der Waals surface area (Å²) < 4.78 is 0. The molecule has 4 N–H and O–H groups in total. The lowest BCUT2D eigenvalue weighted by Crippen LogP contribution is -2.37. The molecule has 0 aliphatic heterocycles. The van der Waals surface area contributed by atoms with Gasteiger partial charge in [-0.05, 0) is 51.8 Å². The van der Waals surface area contributed by atoms with Gasteiger partial charge >= 0.3 is 0 Å². The van der Waals surface area contributed by atoms with Gasteiger partial charge in [-0.2, -0.15) is 0 Å². The number of benzene rings is 1. The van der Waals surface area contributed by atoms with Crippen LogP contribution in [0, 0.1) is 12.3 Å². The number of nitrogen functional groups attached to an aromatic ring is 1. The summed E-state index contributed by atoms with van der Waals surface area (Å²) >= 11 is 0. The van der Waals surface area contributed by atoms with Gasteiger partial charge in [0, 0.05) is 23.0 Å². The molecule has 3 nitrogen and oxygen atoms in total. The fourth-order valence-corrected chi connectivity index (χ4v) is 1.75. The Balaban J connectivity index is 2.78. The van der Waals surface area contributed by atoms with Crippen molar-refractivity contribution in [3.63, 3.8) is 0 Å². The Hall–Kier alpha value is -1.35. The van der Waals surface area contributed by atoms with Crippen LogP contribution in [0.3, 0.4) is 0 Å². The molecular formula is C14H23N3. The van der Waals surface area contributed by atoms with Crippen molar-refractivity contribution in [3.8, 4) is 0 Å². The van der Waals surface area contributed by atoms with Crippen molar-refractivity contribution in [2.45, 2.75) is 39.7 Å². The fraction of sp³-hybridized carbons (Fsp3) is 0.500. The zero-order chi connectivity index (χ0) is 13.1. The molecule has 0 saturated carbocycles. The molecule has 1 aromatic rings. The summed E-state index contributed by atoms with van der Waals surface area (Å²) in [6.45, 7) is 9.31. The van der Waals surface area contributed by atoms with Crippen LogP contribution in [0.4, 0.5) is 5.69 Å². The minimum atomic E-state index is 0.126. The van der Waals surface area contributed by atoms with Crippen molar-refractivity contribution in [1.29, 1.82) is 5.41 Å². The number of rotatable bonds is 4. The van der Waals surface area contributed by atoms with Crippen molar-refractivity contribution in [1.82, 2.24) is 5.32 Å². The summed E-state index contributed by atoms with van der Waals surface area (Å²) in [6, 6.07) is 4.09. The second-order valence-corrected chi connectivity index (χ2v) is 5.44. The zero-order valence-electron chi connectivity index (χ0n) is 11.2. The van der Waals surface area contributed by atoms with E-state index >= 15 is 0 Å². The first kappa shape index (κ1) is 13.7. The molecule has 0 saturated heterocycles. The molecule has 0 radical (unpaired) electrons. The number of hydrogen-bond donors (Lipinski definition) is 3. The first-order valence-corrected chi connectivity index (χ1v) is 5.98. The highest BCUT2D eigenvalue weighted by Gasteiger charge is 2.10. The molecule has 0 aliphatic carbocycles. The Morgan fingerprint density at radius 2 is 2.00 bits per heavy atom. The molecule has 0 fully saturated rings. The predicted octanol–water partition coefficient (Wildman–Crippen LogP) is 2.51. The standard InChI is InChI=1S/C14H23N3/c1-10-5-6-11(12(9-15)13(10)16)7-8-17-14(2,3)4/h5-6,9,15,17H,7-8,16H2,1-4H3. The van der Waals surface area contributed by atoms with Gasteiger partial charge in [0.15, 0.2) is 0 Å². The summed E-state index contributed by atoms with van der Waals surface area (Å²) in [7, 11) is 0. The lowest BCUT2D eigenvalue weighted by Gasteiger charge is -2.21. The Labute approximate surface area is 104 Å². The highest BCUT2D eigenvalue weighted by molar-refractivity contribution is 5.88. The van der Waals surface area contributed by atoms with E-state index in [1.165, 1.54) is 6.21 Å². The quantitative estimate of drug-likeness (QED) is 0.552. The molecule has 0 bridgehead atoms. The maximum atomic E-state index is 7.45. The second kappa shape index (κ2) is 5.32. The van der Waals surface area contributed by atoms with Crippen LogP contribution in [0.5, 0.6) is 0 Å². The molecule has 17 heavy (non-hydrogen) atoms. The van der Waals surface area contributed by atoms with E-state index in [0.29, 0.717) is 0 Å². The van der Waals surface area contributed by atoms with Crippen molar-refractivity contribution < 1.29 is 0 Å². The van der Waals surface area contributed by atoms with E-state index in [0.717, 1.165) is 35.3 Å². The summed E-state index contributed by atoms with van der Waals surface area (Å²) in [6.07, 6.45) is 2.25. The Morgan fingerprint density at radius 1 is 1.35 bits per heavy atom. The number of anilines is 1. The Bertz CT molecular complexity index is 403. The molecule has 0 aliphatic rings. The monoisotopic (exact) mass is 233 g/mol. The molecule has 0 spiro atoms. The van der Waals surface area contributed by atoms with E-state index in [-0.39, 0.29) is 5.54 Å². The third-order valence-electron chi connectivity index (χ3n) is 2.79. The highest BCUT2D eigenvalue weighted by Crippen LogP contribution is 2.20. The van der Waals surface area contributed by atoms with Gasteiger partial charge in [0.05, 0.1) is 0 Å². The largest absolute Gasteiger partial charge is 0.398 e. The molecule has 0 heterocycles. The maximum absolute atomic E-state index is 7.45. The van der Waals surface area contributed by atoms with Crippen molar-refractivity contribution >= 4 is 11.9 Å². The normalized spacial score (nSPS) is 11.5. The molecule has 0 atom stereocenters.